The highest BCUT2D eigenvalue weighted by Crippen LogP contribution is 2.36. The molecule has 1 fully saturated rings. The van der Waals surface area contributed by atoms with E-state index in [1.165, 1.54) is 31.3 Å². The van der Waals surface area contributed by atoms with Crippen LogP contribution in [0.3, 0.4) is 0 Å². The van der Waals surface area contributed by atoms with Gasteiger partial charge in [-0.15, -0.1) is 11.3 Å². The number of hydrogen-bond acceptors (Lipinski definition) is 7. The van der Waals surface area contributed by atoms with Crippen molar-refractivity contribution in [3.63, 3.8) is 0 Å². The van der Waals surface area contributed by atoms with Crippen LogP contribution in [0.4, 0.5) is 10.7 Å². The highest BCUT2D eigenvalue weighted by atomic mass is 32.1. The second-order valence-electron chi connectivity index (χ2n) is 5.21. The van der Waals surface area contributed by atoms with E-state index in [0.29, 0.717) is 10.6 Å². The molecule has 3 N–H and O–H groups in total. The number of nitriles is 1. The normalized spacial score (nSPS) is 16.4. The molecule has 0 saturated carbocycles. The lowest BCUT2D eigenvalue weighted by Gasteiger charge is -2.21. The summed E-state index contributed by atoms with van der Waals surface area (Å²) in [5, 5.41) is 13.2. The maximum Gasteiger partial charge on any atom is 0.350 e. The van der Waals surface area contributed by atoms with Crippen molar-refractivity contribution in [2.45, 2.75) is 25.8 Å². The average Bonchev–Trinajstić information content (AvgIpc) is 3.06. The number of ether oxygens (including phenoxy) is 1. The van der Waals surface area contributed by atoms with Gasteiger partial charge in [-0.2, -0.15) is 5.26 Å². The fourth-order valence-corrected chi connectivity index (χ4v) is 3.62. The Morgan fingerprint density at radius 3 is 2.81 bits per heavy atom. The predicted octanol–water partition coefficient (Wildman–Crippen LogP) is 1.88. The zero-order valence-electron chi connectivity index (χ0n) is 12.3. The smallest absolute Gasteiger partial charge is 0.350 e. The number of nitrogens with one attached hydrogen (secondary N) is 1. The molecule has 0 amide bonds. The van der Waals surface area contributed by atoms with Crippen molar-refractivity contribution in [2.24, 2.45) is 0 Å². The van der Waals surface area contributed by atoms with Gasteiger partial charge in [0, 0.05) is 12.6 Å². The Morgan fingerprint density at radius 1 is 1.57 bits per heavy atom. The lowest BCUT2D eigenvalue weighted by Crippen LogP contribution is -2.32. The lowest BCUT2D eigenvalue weighted by molar-refractivity contribution is 0.0607. The van der Waals surface area contributed by atoms with E-state index in [4.69, 9.17) is 5.73 Å². The first-order valence-electron chi connectivity index (χ1n) is 6.96. The molecule has 1 unspecified atom stereocenters. The largest absolute Gasteiger partial charge is 0.465 e. The Hall–Kier alpha value is -1.78. The maximum absolute atomic E-state index is 11.6. The average molecular weight is 308 g/mol. The molecule has 7 heteroatoms. The van der Waals surface area contributed by atoms with Gasteiger partial charge < -0.3 is 20.7 Å². The second kappa shape index (κ2) is 6.78. The third-order valence-electron chi connectivity index (χ3n) is 3.54. The molecule has 0 bridgehead atoms. The molecule has 21 heavy (non-hydrogen) atoms. The van der Waals surface area contributed by atoms with Crippen LogP contribution in [0.1, 0.15) is 35.0 Å². The number of thiophene rings is 1. The summed E-state index contributed by atoms with van der Waals surface area (Å²) in [5.41, 5.74) is 6.39. The van der Waals surface area contributed by atoms with Crippen LogP contribution in [0.2, 0.25) is 0 Å². The van der Waals surface area contributed by atoms with Gasteiger partial charge in [-0.1, -0.05) is 0 Å². The fourth-order valence-electron chi connectivity index (χ4n) is 2.52. The highest BCUT2D eigenvalue weighted by molar-refractivity contribution is 7.18. The number of nitrogens with two attached hydrogens (primary N) is 1. The summed E-state index contributed by atoms with van der Waals surface area (Å²) in [5.74, 6) is -0.505. The Balaban J connectivity index is 2.11. The summed E-state index contributed by atoms with van der Waals surface area (Å²) in [6.07, 6.45) is 2.49. The Labute approximate surface area is 128 Å². The Bertz CT molecular complexity index is 558. The van der Waals surface area contributed by atoms with Crippen LogP contribution in [0.15, 0.2) is 0 Å². The number of nitrogen functional groups attached to an aromatic ring is 1. The van der Waals surface area contributed by atoms with Crippen molar-refractivity contribution in [1.82, 2.24) is 4.90 Å². The van der Waals surface area contributed by atoms with E-state index in [9.17, 15) is 10.1 Å². The molecule has 1 atom stereocenters. The molecule has 1 aromatic heterocycles. The van der Waals surface area contributed by atoms with Crippen LogP contribution in [0.25, 0.3) is 0 Å². The molecule has 6 nitrogen and oxygen atoms in total. The van der Waals surface area contributed by atoms with E-state index < -0.39 is 5.97 Å². The molecule has 1 aliphatic rings. The first-order valence-corrected chi connectivity index (χ1v) is 7.78. The summed E-state index contributed by atoms with van der Waals surface area (Å²) in [7, 11) is 1.30. The van der Waals surface area contributed by atoms with Gasteiger partial charge in [0.2, 0.25) is 0 Å². The standard InChI is InChI=1S/C14H20N4O2S/c1-9(8-18-5-3-4-6-18)17-13-10(7-15)11(16)12(21-13)14(19)20-2/h9,17H,3-6,8,16H2,1-2H3. The summed E-state index contributed by atoms with van der Waals surface area (Å²) in [6, 6.07) is 2.24. The Morgan fingerprint density at radius 2 is 2.24 bits per heavy atom. The van der Waals surface area contributed by atoms with Crippen LogP contribution >= 0.6 is 11.3 Å². The molecule has 2 heterocycles. The molecular formula is C14H20N4O2S. The summed E-state index contributed by atoms with van der Waals surface area (Å²) >= 11 is 1.18. The zero-order valence-corrected chi connectivity index (χ0v) is 13.1. The Kier molecular flexibility index (Phi) is 5.04. The number of carbonyl (C=O) groups excluding carboxylic acids is 1. The van der Waals surface area contributed by atoms with Crippen LogP contribution in [0, 0.1) is 11.3 Å². The second-order valence-corrected chi connectivity index (χ2v) is 6.23. The van der Waals surface area contributed by atoms with E-state index in [1.807, 2.05) is 0 Å². The van der Waals surface area contributed by atoms with Crippen molar-refractivity contribution in [1.29, 1.82) is 5.26 Å². The summed E-state index contributed by atoms with van der Waals surface area (Å²) in [6.45, 7) is 5.22. The third kappa shape index (κ3) is 3.46. The van der Waals surface area contributed by atoms with Gasteiger partial charge in [0.15, 0.2) is 0 Å². The number of carbonyl (C=O) groups is 1. The molecule has 114 valence electrons. The number of methoxy groups -OCH3 is 1. The number of esters is 1. The zero-order chi connectivity index (χ0) is 15.4. The minimum Gasteiger partial charge on any atom is -0.465 e. The molecule has 2 rings (SSSR count). The van der Waals surface area contributed by atoms with Gasteiger partial charge in [0.05, 0.1) is 12.8 Å². The number of hydrogen-bond donors (Lipinski definition) is 2. The van der Waals surface area contributed by atoms with Gasteiger partial charge in [0.25, 0.3) is 0 Å². The van der Waals surface area contributed by atoms with Crippen LogP contribution in [-0.4, -0.2) is 43.7 Å². The number of likely N-dealkylation sites (tertiary alicyclic amines) is 1. The fraction of sp³-hybridized carbons (Fsp3) is 0.571. The SMILES string of the molecule is COC(=O)c1sc(NC(C)CN2CCCC2)c(C#N)c1N. The first-order chi connectivity index (χ1) is 10.1. The van der Waals surface area contributed by atoms with E-state index in [-0.39, 0.29) is 16.6 Å². The van der Waals surface area contributed by atoms with Gasteiger partial charge in [0.1, 0.15) is 21.5 Å². The molecule has 1 aliphatic heterocycles. The van der Waals surface area contributed by atoms with Crippen molar-refractivity contribution < 1.29 is 9.53 Å². The van der Waals surface area contributed by atoms with Crippen molar-refractivity contribution in [2.75, 3.05) is 37.8 Å². The number of anilines is 2. The van der Waals surface area contributed by atoms with Gasteiger partial charge in [-0.3, -0.25) is 0 Å². The van der Waals surface area contributed by atoms with Crippen molar-refractivity contribution in [3.05, 3.63) is 10.4 Å². The molecular weight excluding hydrogens is 288 g/mol. The van der Waals surface area contributed by atoms with Gasteiger partial charge in [-0.25, -0.2) is 4.79 Å². The number of nitrogens with zero attached hydrogens (tertiary/aromatic N) is 2. The molecule has 1 saturated heterocycles. The summed E-state index contributed by atoms with van der Waals surface area (Å²) < 4.78 is 4.69. The topological polar surface area (TPSA) is 91.4 Å². The van der Waals surface area contributed by atoms with E-state index in [2.05, 4.69) is 27.9 Å². The van der Waals surface area contributed by atoms with Crippen molar-refractivity contribution in [3.8, 4) is 6.07 Å². The number of rotatable bonds is 5. The molecule has 0 radical (unpaired) electrons. The van der Waals surface area contributed by atoms with Gasteiger partial charge in [-0.05, 0) is 32.9 Å². The molecule has 0 aromatic carbocycles. The summed E-state index contributed by atoms with van der Waals surface area (Å²) in [4.78, 5) is 14.3. The molecule has 0 aliphatic carbocycles. The van der Waals surface area contributed by atoms with Gasteiger partial charge >= 0.3 is 5.97 Å². The lowest BCUT2D eigenvalue weighted by atomic mass is 10.2. The van der Waals surface area contributed by atoms with Crippen LogP contribution in [0.5, 0.6) is 0 Å². The van der Waals surface area contributed by atoms with E-state index in [0.717, 1.165) is 19.6 Å². The minimum atomic E-state index is -0.505. The van der Waals surface area contributed by atoms with E-state index in [1.54, 1.807) is 0 Å². The van der Waals surface area contributed by atoms with E-state index >= 15 is 0 Å². The van der Waals surface area contributed by atoms with Crippen molar-refractivity contribution >= 4 is 28.0 Å². The van der Waals surface area contributed by atoms with Crippen LogP contribution in [-0.2, 0) is 4.74 Å². The predicted molar refractivity (Wildman–Crippen MR) is 83.5 cm³/mol. The highest BCUT2D eigenvalue weighted by Gasteiger charge is 2.23. The quantitative estimate of drug-likeness (QED) is 0.807. The third-order valence-corrected chi connectivity index (χ3v) is 4.65. The first kappa shape index (κ1) is 15.6. The monoisotopic (exact) mass is 308 g/mol. The molecule has 1 aromatic rings. The van der Waals surface area contributed by atoms with Crippen LogP contribution < -0.4 is 11.1 Å². The minimum absolute atomic E-state index is 0.179. The maximum atomic E-state index is 11.6. The molecule has 0 spiro atoms.